The van der Waals surface area contributed by atoms with E-state index in [0.717, 1.165) is 17.0 Å². The molecule has 0 bridgehead atoms. The number of rotatable bonds is 6. The van der Waals surface area contributed by atoms with E-state index in [2.05, 4.69) is 15.4 Å². The summed E-state index contributed by atoms with van der Waals surface area (Å²) in [5.74, 6) is 0.423. The van der Waals surface area contributed by atoms with Gasteiger partial charge in [0.05, 0.1) is 18.7 Å². The lowest BCUT2D eigenvalue weighted by Crippen LogP contribution is -2.16. The fourth-order valence-electron chi connectivity index (χ4n) is 2.52. The van der Waals surface area contributed by atoms with Crippen molar-refractivity contribution in [3.05, 3.63) is 65.8 Å². The van der Waals surface area contributed by atoms with Crippen molar-refractivity contribution in [1.29, 1.82) is 0 Å². The van der Waals surface area contributed by atoms with Crippen LogP contribution in [0.3, 0.4) is 0 Å². The van der Waals surface area contributed by atoms with E-state index in [4.69, 9.17) is 4.74 Å². The number of aromatic nitrogens is 3. The van der Waals surface area contributed by atoms with Gasteiger partial charge in [0.1, 0.15) is 11.6 Å². The Labute approximate surface area is 158 Å². The van der Waals surface area contributed by atoms with E-state index >= 15 is 0 Å². The Morgan fingerprint density at radius 3 is 2.70 bits per heavy atom. The van der Waals surface area contributed by atoms with Crippen molar-refractivity contribution in [3.63, 3.8) is 0 Å². The van der Waals surface area contributed by atoms with Crippen LogP contribution in [0, 0.1) is 5.82 Å². The minimum absolute atomic E-state index is 0.187. The molecule has 0 aliphatic rings. The highest BCUT2D eigenvalue weighted by atomic mass is 32.1. The number of ether oxygens (including phenoxy) is 1. The first-order chi connectivity index (χ1) is 13.2. The van der Waals surface area contributed by atoms with Crippen LogP contribution in [0.5, 0.6) is 5.75 Å². The zero-order valence-corrected chi connectivity index (χ0v) is 14.9. The molecule has 0 unspecified atom stereocenters. The highest BCUT2D eigenvalue weighted by Gasteiger charge is 2.13. The Bertz CT molecular complexity index is 1060. The number of fused-ring (bicyclic) bond motifs is 1. The Balaban J connectivity index is 1.40. The molecule has 0 aliphatic heterocycles. The largest absolute Gasteiger partial charge is 0.493 e. The number of thiazole rings is 1. The standard InChI is InChI=1S/C19H15FN4O2S/c20-14-8-6-13(7-9-14)16-12-27-19-22-18(23-24(16)19)21-17(25)10-11-26-15-4-2-1-3-5-15/h1-9,12H,10-11H2,(H,21,23,25). The summed E-state index contributed by atoms with van der Waals surface area (Å²) in [7, 11) is 0. The van der Waals surface area contributed by atoms with Gasteiger partial charge in [-0.3, -0.25) is 10.1 Å². The second-order valence-corrected chi connectivity index (χ2v) is 6.55. The van der Waals surface area contributed by atoms with Gasteiger partial charge in [-0.05, 0) is 36.4 Å². The molecule has 0 atom stereocenters. The number of anilines is 1. The van der Waals surface area contributed by atoms with E-state index in [-0.39, 0.29) is 30.7 Å². The molecule has 0 aliphatic carbocycles. The molecule has 1 amide bonds. The fourth-order valence-corrected chi connectivity index (χ4v) is 3.35. The molecule has 2 aromatic carbocycles. The molecular weight excluding hydrogens is 367 g/mol. The molecule has 2 aromatic heterocycles. The van der Waals surface area contributed by atoms with Gasteiger partial charge in [0.25, 0.3) is 0 Å². The quantitative estimate of drug-likeness (QED) is 0.547. The van der Waals surface area contributed by atoms with Gasteiger partial charge in [0.2, 0.25) is 16.8 Å². The third-order valence-corrected chi connectivity index (χ3v) is 4.63. The highest BCUT2D eigenvalue weighted by Crippen LogP contribution is 2.26. The topological polar surface area (TPSA) is 68.5 Å². The van der Waals surface area contributed by atoms with Gasteiger partial charge in [-0.2, -0.15) is 4.98 Å². The maximum absolute atomic E-state index is 13.1. The molecule has 136 valence electrons. The van der Waals surface area contributed by atoms with Gasteiger partial charge in [-0.15, -0.1) is 16.4 Å². The van der Waals surface area contributed by atoms with Crippen LogP contribution in [0.1, 0.15) is 6.42 Å². The average molecular weight is 382 g/mol. The normalized spacial score (nSPS) is 10.9. The molecule has 4 rings (SSSR count). The summed E-state index contributed by atoms with van der Waals surface area (Å²) in [4.78, 5) is 17.0. The summed E-state index contributed by atoms with van der Waals surface area (Å²) in [6.45, 7) is 0.263. The maximum Gasteiger partial charge on any atom is 0.250 e. The molecule has 0 fully saturated rings. The maximum atomic E-state index is 13.1. The first-order valence-corrected chi connectivity index (χ1v) is 9.15. The zero-order chi connectivity index (χ0) is 18.6. The summed E-state index contributed by atoms with van der Waals surface area (Å²) in [5.41, 5.74) is 1.61. The molecule has 1 N–H and O–H groups in total. The minimum atomic E-state index is -0.297. The summed E-state index contributed by atoms with van der Waals surface area (Å²) >= 11 is 1.40. The van der Waals surface area contributed by atoms with Crippen molar-refractivity contribution in [2.24, 2.45) is 0 Å². The molecule has 27 heavy (non-hydrogen) atoms. The molecule has 0 radical (unpaired) electrons. The SMILES string of the molecule is O=C(CCOc1ccccc1)Nc1nc2scc(-c3ccc(F)cc3)n2n1. The van der Waals surface area contributed by atoms with Crippen LogP contribution in [0.15, 0.2) is 60.0 Å². The number of para-hydroxylation sites is 1. The van der Waals surface area contributed by atoms with Crippen LogP contribution in [-0.2, 0) is 4.79 Å². The molecule has 6 nitrogen and oxygen atoms in total. The van der Waals surface area contributed by atoms with E-state index in [1.807, 2.05) is 35.7 Å². The number of halogens is 1. The zero-order valence-electron chi connectivity index (χ0n) is 14.1. The predicted octanol–water partition coefficient (Wildman–Crippen LogP) is 4.00. The number of hydrogen-bond acceptors (Lipinski definition) is 5. The van der Waals surface area contributed by atoms with Gasteiger partial charge in [0.15, 0.2) is 0 Å². The van der Waals surface area contributed by atoms with Crippen LogP contribution < -0.4 is 10.1 Å². The van der Waals surface area contributed by atoms with Crippen LogP contribution in [0.4, 0.5) is 10.3 Å². The lowest BCUT2D eigenvalue weighted by atomic mass is 10.2. The van der Waals surface area contributed by atoms with Gasteiger partial charge in [-0.1, -0.05) is 18.2 Å². The Kier molecular flexibility index (Phi) is 4.80. The van der Waals surface area contributed by atoms with Crippen molar-refractivity contribution in [1.82, 2.24) is 14.6 Å². The number of amides is 1. The van der Waals surface area contributed by atoms with Crippen LogP contribution in [-0.4, -0.2) is 27.1 Å². The van der Waals surface area contributed by atoms with Crippen molar-refractivity contribution < 1.29 is 13.9 Å². The number of nitrogens with zero attached hydrogens (tertiary/aromatic N) is 3. The molecule has 0 saturated heterocycles. The summed E-state index contributed by atoms with van der Waals surface area (Å²) in [5, 5.41) is 8.89. The summed E-state index contributed by atoms with van der Waals surface area (Å²) in [6.07, 6.45) is 0.187. The minimum Gasteiger partial charge on any atom is -0.493 e. The van der Waals surface area contributed by atoms with Crippen LogP contribution in [0.2, 0.25) is 0 Å². The molecule has 0 spiro atoms. The number of benzene rings is 2. The Morgan fingerprint density at radius 2 is 1.93 bits per heavy atom. The van der Waals surface area contributed by atoms with E-state index in [1.165, 1.54) is 23.5 Å². The van der Waals surface area contributed by atoms with Crippen LogP contribution in [0.25, 0.3) is 16.2 Å². The third-order valence-electron chi connectivity index (χ3n) is 3.81. The molecule has 8 heteroatoms. The summed E-state index contributed by atoms with van der Waals surface area (Å²) < 4.78 is 20.3. The first-order valence-electron chi connectivity index (χ1n) is 8.27. The molecule has 4 aromatic rings. The number of carbonyl (C=O) groups is 1. The Morgan fingerprint density at radius 1 is 1.15 bits per heavy atom. The van der Waals surface area contributed by atoms with Gasteiger partial charge < -0.3 is 4.74 Å². The highest BCUT2D eigenvalue weighted by molar-refractivity contribution is 7.15. The number of hydrogen-bond donors (Lipinski definition) is 1. The Hall–Kier alpha value is -3.26. The van der Waals surface area contributed by atoms with Gasteiger partial charge in [0, 0.05) is 10.9 Å². The molecule has 0 saturated carbocycles. The number of carbonyl (C=O) groups excluding carboxylic acids is 1. The second kappa shape index (κ2) is 7.55. The van der Waals surface area contributed by atoms with E-state index < -0.39 is 0 Å². The van der Waals surface area contributed by atoms with E-state index in [0.29, 0.717) is 4.96 Å². The third kappa shape index (κ3) is 3.95. The van der Waals surface area contributed by atoms with Gasteiger partial charge >= 0.3 is 0 Å². The van der Waals surface area contributed by atoms with E-state index in [9.17, 15) is 9.18 Å². The summed E-state index contributed by atoms with van der Waals surface area (Å²) in [6, 6.07) is 15.5. The van der Waals surface area contributed by atoms with Crippen LogP contribution >= 0.6 is 11.3 Å². The van der Waals surface area contributed by atoms with Crippen molar-refractivity contribution in [2.75, 3.05) is 11.9 Å². The predicted molar refractivity (Wildman–Crippen MR) is 101 cm³/mol. The fraction of sp³-hybridized carbons (Fsp3) is 0.105. The average Bonchev–Trinajstić information content (AvgIpc) is 3.23. The first kappa shape index (κ1) is 17.2. The molecular formula is C19H15FN4O2S. The monoisotopic (exact) mass is 382 g/mol. The lowest BCUT2D eigenvalue weighted by Gasteiger charge is -2.05. The molecule has 2 heterocycles. The van der Waals surface area contributed by atoms with Crippen molar-refractivity contribution in [3.8, 4) is 17.0 Å². The smallest absolute Gasteiger partial charge is 0.250 e. The lowest BCUT2D eigenvalue weighted by molar-refractivity contribution is -0.116. The van der Waals surface area contributed by atoms with E-state index in [1.54, 1.807) is 16.6 Å². The van der Waals surface area contributed by atoms with Crippen molar-refractivity contribution in [2.45, 2.75) is 6.42 Å². The van der Waals surface area contributed by atoms with Crippen molar-refractivity contribution >= 4 is 28.2 Å². The van der Waals surface area contributed by atoms with Gasteiger partial charge in [-0.25, -0.2) is 8.91 Å². The second-order valence-electron chi connectivity index (χ2n) is 5.72. The number of nitrogens with one attached hydrogen (secondary N) is 1.